The number of pyridine rings is 1. The molecule has 0 bridgehead atoms. The third kappa shape index (κ3) is 3.14. The van der Waals surface area contributed by atoms with Crippen LogP contribution in [0, 0.1) is 18.8 Å². The van der Waals surface area contributed by atoms with Crippen LogP contribution in [0.3, 0.4) is 0 Å². The maximum Gasteiger partial charge on any atom is 0.256 e. The second kappa shape index (κ2) is 7.32. The summed E-state index contributed by atoms with van der Waals surface area (Å²) >= 11 is 6.22. The molecule has 1 aromatic carbocycles. The van der Waals surface area contributed by atoms with Crippen molar-refractivity contribution in [3.63, 3.8) is 0 Å². The van der Waals surface area contributed by atoms with Crippen LogP contribution in [0.15, 0.2) is 42.7 Å². The lowest BCUT2D eigenvalue weighted by Gasteiger charge is -2.30. The molecule has 3 heterocycles. The van der Waals surface area contributed by atoms with E-state index < -0.39 is 0 Å². The summed E-state index contributed by atoms with van der Waals surface area (Å²) in [7, 11) is 0. The third-order valence-corrected chi connectivity index (χ3v) is 5.64. The van der Waals surface area contributed by atoms with E-state index in [0.29, 0.717) is 22.4 Å². The van der Waals surface area contributed by atoms with Gasteiger partial charge in [-0.3, -0.25) is 9.78 Å². The van der Waals surface area contributed by atoms with Gasteiger partial charge in [0.2, 0.25) is 0 Å². The van der Waals surface area contributed by atoms with Crippen LogP contribution in [0.1, 0.15) is 27.5 Å². The van der Waals surface area contributed by atoms with Crippen LogP contribution in [0.2, 0.25) is 5.02 Å². The Morgan fingerprint density at radius 3 is 2.84 bits per heavy atom. The van der Waals surface area contributed by atoms with Gasteiger partial charge in [-0.15, -0.1) is 12.4 Å². The van der Waals surface area contributed by atoms with E-state index in [1.54, 1.807) is 12.3 Å². The number of halogens is 2. The van der Waals surface area contributed by atoms with E-state index >= 15 is 0 Å². The molecule has 1 amide bonds. The fourth-order valence-corrected chi connectivity index (χ4v) is 4.35. The molecule has 3 atom stereocenters. The molecule has 2 aliphatic heterocycles. The molecule has 0 radical (unpaired) electrons. The monoisotopic (exact) mass is 377 g/mol. The van der Waals surface area contributed by atoms with Gasteiger partial charge >= 0.3 is 0 Å². The van der Waals surface area contributed by atoms with E-state index in [0.717, 1.165) is 19.6 Å². The van der Waals surface area contributed by atoms with Crippen LogP contribution in [0.4, 0.5) is 0 Å². The first-order valence-electron chi connectivity index (χ1n) is 8.33. The van der Waals surface area contributed by atoms with Gasteiger partial charge in [-0.25, -0.2) is 0 Å². The fraction of sp³-hybridized carbons (Fsp3) is 0.368. The number of nitrogens with one attached hydrogen (secondary N) is 1. The SMILES string of the molecule is Cc1ccccc1[C@@H]1[C@H]2CNC[C@H]2CN1C(=O)c1ccncc1Cl.Cl. The van der Waals surface area contributed by atoms with Gasteiger partial charge in [0.25, 0.3) is 5.91 Å². The van der Waals surface area contributed by atoms with Crippen molar-refractivity contribution in [2.75, 3.05) is 19.6 Å². The van der Waals surface area contributed by atoms with Crippen LogP contribution in [-0.4, -0.2) is 35.4 Å². The second-order valence-corrected chi connectivity index (χ2v) is 7.10. The molecular formula is C19H21Cl2N3O. The molecule has 0 aliphatic carbocycles. The lowest BCUT2D eigenvalue weighted by atomic mass is 9.87. The number of benzene rings is 1. The van der Waals surface area contributed by atoms with Gasteiger partial charge in [0.05, 0.1) is 16.6 Å². The minimum absolute atomic E-state index is 0. The van der Waals surface area contributed by atoms with Gasteiger partial charge in [-0.1, -0.05) is 35.9 Å². The van der Waals surface area contributed by atoms with Crippen molar-refractivity contribution >= 4 is 29.9 Å². The quantitative estimate of drug-likeness (QED) is 0.870. The maximum absolute atomic E-state index is 13.2. The van der Waals surface area contributed by atoms with Crippen molar-refractivity contribution < 1.29 is 4.79 Å². The zero-order valence-corrected chi connectivity index (χ0v) is 15.6. The fourth-order valence-electron chi connectivity index (χ4n) is 4.15. The third-order valence-electron chi connectivity index (χ3n) is 5.34. The average molecular weight is 378 g/mol. The van der Waals surface area contributed by atoms with Crippen molar-refractivity contribution in [3.8, 4) is 0 Å². The Labute approximate surface area is 159 Å². The molecule has 25 heavy (non-hydrogen) atoms. The Balaban J connectivity index is 0.00000182. The number of likely N-dealkylation sites (tertiary alicyclic amines) is 1. The van der Waals surface area contributed by atoms with E-state index in [1.807, 2.05) is 11.0 Å². The minimum Gasteiger partial charge on any atom is -0.331 e. The Hall–Kier alpha value is -1.62. The number of hydrogen-bond acceptors (Lipinski definition) is 3. The Morgan fingerprint density at radius 1 is 1.28 bits per heavy atom. The molecule has 2 aliphatic rings. The first-order chi connectivity index (χ1) is 11.7. The predicted molar refractivity (Wildman–Crippen MR) is 101 cm³/mol. The van der Waals surface area contributed by atoms with Gasteiger partial charge in [0.15, 0.2) is 0 Å². The molecule has 1 N–H and O–H groups in total. The molecule has 2 fully saturated rings. The first kappa shape index (κ1) is 18.2. The summed E-state index contributed by atoms with van der Waals surface area (Å²) in [4.78, 5) is 19.2. The van der Waals surface area contributed by atoms with Crippen LogP contribution in [-0.2, 0) is 0 Å². The largest absolute Gasteiger partial charge is 0.331 e. The summed E-state index contributed by atoms with van der Waals surface area (Å²) in [6.07, 6.45) is 3.16. The van der Waals surface area contributed by atoms with E-state index in [4.69, 9.17) is 11.6 Å². The summed E-state index contributed by atoms with van der Waals surface area (Å²) in [5.74, 6) is 0.958. The van der Waals surface area contributed by atoms with Gasteiger partial charge in [0, 0.05) is 37.9 Å². The summed E-state index contributed by atoms with van der Waals surface area (Å²) in [6.45, 7) is 4.82. The highest BCUT2D eigenvalue weighted by Crippen LogP contribution is 2.44. The molecule has 2 saturated heterocycles. The van der Waals surface area contributed by atoms with Crippen molar-refractivity contribution in [3.05, 3.63) is 64.4 Å². The van der Waals surface area contributed by atoms with Crippen molar-refractivity contribution in [1.29, 1.82) is 0 Å². The molecule has 2 aromatic rings. The number of carbonyl (C=O) groups excluding carboxylic acids is 1. The predicted octanol–water partition coefficient (Wildman–Crippen LogP) is 3.50. The Kier molecular flexibility index (Phi) is 5.32. The molecule has 0 saturated carbocycles. The molecule has 1 aromatic heterocycles. The van der Waals surface area contributed by atoms with E-state index in [1.165, 1.54) is 17.3 Å². The highest BCUT2D eigenvalue weighted by atomic mass is 35.5. The van der Waals surface area contributed by atoms with Crippen LogP contribution < -0.4 is 5.32 Å². The van der Waals surface area contributed by atoms with Crippen LogP contribution in [0.5, 0.6) is 0 Å². The Morgan fingerprint density at radius 2 is 2.08 bits per heavy atom. The molecule has 0 unspecified atom stereocenters. The number of fused-ring (bicyclic) bond motifs is 1. The van der Waals surface area contributed by atoms with Gasteiger partial charge < -0.3 is 10.2 Å². The number of nitrogens with zero attached hydrogens (tertiary/aromatic N) is 2. The standard InChI is InChI=1S/C19H20ClN3O.ClH/c1-12-4-2-3-5-14(12)18-16-9-22-8-13(16)11-23(18)19(24)15-6-7-21-10-17(15)20;/h2-7,10,13,16,18,22H,8-9,11H2,1H3;1H/t13-,16-,18+;/m0./s1. The first-order valence-corrected chi connectivity index (χ1v) is 8.71. The highest BCUT2D eigenvalue weighted by Gasteiger charge is 2.47. The Bertz CT molecular complexity index is 783. The van der Waals surface area contributed by atoms with Gasteiger partial charge in [0.1, 0.15) is 0 Å². The van der Waals surface area contributed by atoms with E-state index in [9.17, 15) is 4.79 Å². The number of aryl methyl sites for hydroxylation is 1. The molecular weight excluding hydrogens is 357 g/mol. The molecule has 6 heteroatoms. The average Bonchev–Trinajstić information content (AvgIpc) is 3.16. The molecule has 4 rings (SSSR count). The second-order valence-electron chi connectivity index (χ2n) is 6.70. The summed E-state index contributed by atoms with van der Waals surface area (Å²) in [6, 6.07) is 10.2. The van der Waals surface area contributed by atoms with E-state index in [2.05, 4.69) is 35.4 Å². The lowest BCUT2D eigenvalue weighted by molar-refractivity contribution is 0.0713. The normalized spacial score (nSPS) is 24.7. The van der Waals surface area contributed by atoms with E-state index in [-0.39, 0.29) is 24.4 Å². The highest BCUT2D eigenvalue weighted by molar-refractivity contribution is 6.33. The number of hydrogen-bond donors (Lipinski definition) is 1. The van der Waals surface area contributed by atoms with Crippen LogP contribution in [0.25, 0.3) is 0 Å². The number of carbonyl (C=O) groups is 1. The summed E-state index contributed by atoms with van der Waals surface area (Å²) < 4.78 is 0. The topological polar surface area (TPSA) is 45.2 Å². The van der Waals surface area contributed by atoms with Crippen molar-refractivity contribution in [2.24, 2.45) is 11.8 Å². The summed E-state index contributed by atoms with van der Waals surface area (Å²) in [5.41, 5.74) is 3.01. The molecule has 4 nitrogen and oxygen atoms in total. The summed E-state index contributed by atoms with van der Waals surface area (Å²) in [5, 5.41) is 3.90. The van der Waals surface area contributed by atoms with Gasteiger partial charge in [-0.05, 0) is 30.0 Å². The van der Waals surface area contributed by atoms with Crippen LogP contribution >= 0.6 is 24.0 Å². The minimum atomic E-state index is 0. The molecule has 132 valence electrons. The number of aromatic nitrogens is 1. The zero-order chi connectivity index (χ0) is 16.7. The maximum atomic E-state index is 13.2. The zero-order valence-electron chi connectivity index (χ0n) is 14.0. The van der Waals surface area contributed by atoms with Gasteiger partial charge in [-0.2, -0.15) is 0 Å². The molecule has 0 spiro atoms. The van der Waals surface area contributed by atoms with Crippen molar-refractivity contribution in [1.82, 2.24) is 15.2 Å². The lowest BCUT2D eigenvalue weighted by Crippen LogP contribution is -2.35. The number of amides is 1. The smallest absolute Gasteiger partial charge is 0.256 e. The number of rotatable bonds is 2. The van der Waals surface area contributed by atoms with Crippen molar-refractivity contribution in [2.45, 2.75) is 13.0 Å².